The Morgan fingerprint density at radius 3 is 2.65 bits per heavy atom. The maximum Gasteiger partial charge on any atom is 0.268 e. The highest BCUT2D eigenvalue weighted by Gasteiger charge is 2.09. The van der Waals surface area contributed by atoms with E-state index in [1.165, 1.54) is 5.56 Å². The van der Waals surface area contributed by atoms with Gasteiger partial charge in [-0.25, -0.2) is 0 Å². The number of aromatic amines is 1. The van der Waals surface area contributed by atoms with Gasteiger partial charge in [-0.15, -0.1) is 0 Å². The number of amides is 1. The van der Waals surface area contributed by atoms with E-state index in [0.717, 1.165) is 24.0 Å². The van der Waals surface area contributed by atoms with Gasteiger partial charge in [-0.05, 0) is 42.2 Å². The number of carbonyl (C=O) groups is 1. The van der Waals surface area contributed by atoms with Crippen molar-refractivity contribution in [2.24, 2.45) is 0 Å². The molecule has 5 nitrogen and oxygen atoms in total. The monoisotopic (exact) mass is 349 g/mol. The Kier molecular flexibility index (Phi) is 5.49. The standard InChI is InChI=1S/C21H23N3O2/c1-3-24(2)14-16-8-6-7-15(11-16)13-22-21(26)19-12-17-9-4-5-10-18(17)20(25)23-19/h4-12H,3,13-14H2,1-2H3,(H,22,26)(H,23,25). The minimum atomic E-state index is -0.288. The molecule has 3 rings (SSSR count). The fraction of sp³-hybridized carbons (Fsp3) is 0.238. The van der Waals surface area contributed by atoms with Crippen LogP contribution in [0, 0.1) is 0 Å². The van der Waals surface area contributed by atoms with Gasteiger partial charge in [-0.1, -0.05) is 49.4 Å². The number of pyridine rings is 1. The average Bonchev–Trinajstić information content (AvgIpc) is 2.66. The quantitative estimate of drug-likeness (QED) is 0.719. The second-order valence-corrected chi connectivity index (χ2v) is 6.43. The number of rotatable bonds is 6. The minimum Gasteiger partial charge on any atom is -0.347 e. The van der Waals surface area contributed by atoms with Crippen molar-refractivity contribution in [3.8, 4) is 0 Å². The SMILES string of the molecule is CCN(C)Cc1cccc(CNC(=O)c2cc3ccccc3c(=O)[nH]2)c1. The van der Waals surface area contributed by atoms with Crippen LogP contribution in [0.2, 0.25) is 0 Å². The third-order valence-electron chi connectivity index (χ3n) is 4.43. The molecule has 0 aliphatic rings. The first kappa shape index (κ1) is 17.9. The molecule has 0 saturated heterocycles. The Labute approximate surface area is 152 Å². The molecule has 0 spiro atoms. The van der Waals surface area contributed by atoms with Crippen LogP contribution in [-0.2, 0) is 13.1 Å². The zero-order chi connectivity index (χ0) is 18.5. The molecule has 0 aliphatic heterocycles. The summed E-state index contributed by atoms with van der Waals surface area (Å²) in [4.78, 5) is 29.4. The first-order valence-electron chi connectivity index (χ1n) is 8.73. The van der Waals surface area contributed by atoms with Crippen molar-refractivity contribution in [1.82, 2.24) is 15.2 Å². The Hall–Kier alpha value is -2.92. The number of hydrogen-bond donors (Lipinski definition) is 2. The normalized spacial score (nSPS) is 11.0. The second kappa shape index (κ2) is 7.97. The van der Waals surface area contributed by atoms with Crippen molar-refractivity contribution >= 4 is 16.7 Å². The van der Waals surface area contributed by atoms with E-state index < -0.39 is 0 Å². The highest BCUT2D eigenvalue weighted by molar-refractivity contribution is 5.96. The molecule has 0 radical (unpaired) electrons. The molecule has 0 aliphatic carbocycles. The fourth-order valence-corrected chi connectivity index (χ4v) is 2.87. The Morgan fingerprint density at radius 1 is 1.08 bits per heavy atom. The smallest absolute Gasteiger partial charge is 0.268 e. The van der Waals surface area contributed by atoms with Gasteiger partial charge in [0.05, 0.1) is 0 Å². The van der Waals surface area contributed by atoms with Crippen LogP contribution in [-0.4, -0.2) is 29.4 Å². The van der Waals surface area contributed by atoms with Crippen LogP contribution in [0.5, 0.6) is 0 Å². The van der Waals surface area contributed by atoms with Gasteiger partial charge in [-0.3, -0.25) is 9.59 Å². The van der Waals surface area contributed by atoms with Crippen molar-refractivity contribution < 1.29 is 4.79 Å². The lowest BCUT2D eigenvalue weighted by Crippen LogP contribution is -2.26. The zero-order valence-electron chi connectivity index (χ0n) is 15.1. The summed E-state index contributed by atoms with van der Waals surface area (Å²) in [7, 11) is 2.07. The number of hydrogen-bond acceptors (Lipinski definition) is 3. The van der Waals surface area contributed by atoms with E-state index in [2.05, 4.69) is 41.3 Å². The molecule has 0 unspecified atom stereocenters. The summed E-state index contributed by atoms with van der Waals surface area (Å²) in [6.45, 7) is 4.39. The predicted molar refractivity (Wildman–Crippen MR) is 104 cm³/mol. The third kappa shape index (κ3) is 4.18. The summed E-state index contributed by atoms with van der Waals surface area (Å²) >= 11 is 0. The molecule has 5 heteroatoms. The first-order chi connectivity index (χ1) is 12.6. The number of nitrogens with one attached hydrogen (secondary N) is 2. The summed E-state index contributed by atoms with van der Waals surface area (Å²) in [5.74, 6) is -0.288. The summed E-state index contributed by atoms with van der Waals surface area (Å²) in [6, 6.07) is 17.1. The number of fused-ring (bicyclic) bond motifs is 1. The number of nitrogens with zero attached hydrogens (tertiary/aromatic N) is 1. The molecule has 1 aromatic heterocycles. The molecule has 0 atom stereocenters. The van der Waals surface area contributed by atoms with Crippen LogP contribution in [0.15, 0.2) is 59.4 Å². The van der Waals surface area contributed by atoms with E-state index in [9.17, 15) is 9.59 Å². The molecule has 1 heterocycles. The number of H-pyrrole nitrogens is 1. The van der Waals surface area contributed by atoms with Crippen molar-refractivity contribution in [1.29, 1.82) is 0 Å². The molecular weight excluding hydrogens is 326 g/mol. The van der Waals surface area contributed by atoms with E-state index >= 15 is 0 Å². The molecule has 0 saturated carbocycles. The molecule has 3 aromatic rings. The molecule has 2 N–H and O–H groups in total. The van der Waals surface area contributed by atoms with Gasteiger partial charge in [0.25, 0.3) is 11.5 Å². The van der Waals surface area contributed by atoms with Crippen molar-refractivity contribution in [2.75, 3.05) is 13.6 Å². The van der Waals surface area contributed by atoms with Crippen LogP contribution < -0.4 is 10.9 Å². The van der Waals surface area contributed by atoms with Crippen molar-refractivity contribution in [3.05, 3.63) is 81.8 Å². The molecule has 0 bridgehead atoms. The lowest BCUT2D eigenvalue weighted by molar-refractivity contribution is 0.0946. The summed E-state index contributed by atoms with van der Waals surface area (Å²) in [5, 5.41) is 4.21. The highest BCUT2D eigenvalue weighted by atomic mass is 16.2. The summed E-state index contributed by atoms with van der Waals surface area (Å²) in [6.07, 6.45) is 0. The van der Waals surface area contributed by atoms with Gasteiger partial charge in [-0.2, -0.15) is 0 Å². The van der Waals surface area contributed by atoms with Crippen LogP contribution in [0.4, 0.5) is 0 Å². The van der Waals surface area contributed by atoms with Gasteiger partial charge in [0.15, 0.2) is 0 Å². The molecular formula is C21H23N3O2. The van der Waals surface area contributed by atoms with Gasteiger partial charge >= 0.3 is 0 Å². The van der Waals surface area contributed by atoms with Crippen LogP contribution in [0.1, 0.15) is 28.5 Å². The summed E-state index contributed by atoms with van der Waals surface area (Å²) < 4.78 is 0. The number of carbonyl (C=O) groups excluding carboxylic acids is 1. The van der Waals surface area contributed by atoms with Crippen molar-refractivity contribution in [2.45, 2.75) is 20.0 Å². The number of benzene rings is 2. The van der Waals surface area contributed by atoms with Crippen LogP contribution in [0.25, 0.3) is 10.8 Å². The maximum absolute atomic E-state index is 12.4. The lowest BCUT2D eigenvalue weighted by Gasteiger charge is -2.14. The van der Waals surface area contributed by atoms with Gasteiger partial charge in [0.2, 0.25) is 0 Å². The van der Waals surface area contributed by atoms with E-state index in [-0.39, 0.29) is 17.2 Å². The van der Waals surface area contributed by atoms with E-state index in [1.807, 2.05) is 24.3 Å². The average molecular weight is 349 g/mol. The first-order valence-corrected chi connectivity index (χ1v) is 8.73. The predicted octanol–water partition coefficient (Wildman–Crippen LogP) is 2.91. The van der Waals surface area contributed by atoms with Crippen molar-refractivity contribution in [3.63, 3.8) is 0 Å². The molecule has 2 aromatic carbocycles. The Balaban J connectivity index is 1.71. The highest BCUT2D eigenvalue weighted by Crippen LogP contribution is 2.11. The van der Waals surface area contributed by atoms with E-state index in [1.54, 1.807) is 18.2 Å². The van der Waals surface area contributed by atoms with E-state index in [4.69, 9.17) is 0 Å². The fourth-order valence-electron chi connectivity index (χ4n) is 2.87. The molecule has 134 valence electrons. The number of aromatic nitrogens is 1. The topological polar surface area (TPSA) is 65.2 Å². The van der Waals surface area contributed by atoms with E-state index in [0.29, 0.717) is 11.9 Å². The lowest BCUT2D eigenvalue weighted by atomic mass is 10.1. The van der Waals surface area contributed by atoms with Gasteiger partial charge in [0, 0.05) is 18.5 Å². The molecule has 26 heavy (non-hydrogen) atoms. The summed E-state index contributed by atoms with van der Waals surface area (Å²) in [5.41, 5.74) is 2.26. The van der Waals surface area contributed by atoms with Crippen LogP contribution in [0.3, 0.4) is 0 Å². The zero-order valence-corrected chi connectivity index (χ0v) is 15.1. The Bertz CT molecular complexity index is 978. The largest absolute Gasteiger partial charge is 0.347 e. The Morgan fingerprint density at radius 2 is 1.85 bits per heavy atom. The van der Waals surface area contributed by atoms with Gasteiger partial charge in [0.1, 0.15) is 5.69 Å². The molecule has 0 fully saturated rings. The van der Waals surface area contributed by atoms with Crippen LogP contribution >= 0.6 is 0 Å². The minimum absolute atomic E-state index is 0.252. The maximum atomic E-state index is 12.4. The second-order valence-electron chi connectivity index (χ2n) is 6.43. The van der Waals surface area contributed by atoms with Gasteiger partial charge < -0.3 is 15.2 Å². The molecule has 1 amide bonds. The third-order valence-corrected chi connectivity index (χ3v) is 4.43.